The largest absolute Gasteiger partial charge is 0.490 e. The second-order valence-corrected chi connectivity index (χ2v) is 13.3. The van der Waals surface area contributed by atoms with E-state index >= 15 is 0 Å². The third-order valence-corrected chi connectivity index (χ3v) is 9.27. The number of aromatic nitrogens is 1. The van der Waals surface area contributed by atoms with Crippen molar-refractivity contribution >= 4 is 73.5 Å². The summed E-state index contributed by atoms with van der Waals surface area (Å²) in [5, 5.41) is 0.331. The van der Waals surface area contributed by atoms with Gasteiger partial charge in [-0.05, 0) is 95.6 Å². The summed E-state index contributed by atoms with van der Waals surface area (Å²) in [5.74, 6) is -0.267. The Morgan fingerprint density at radius 3 is 2.41 bits per heavy atom. The molecule has 0 radical (unpaired) electrons. The molecule has 7 nitrogen and oxygen atoms in total. The standard InChI is InChI=1S/C32H24BrClF3IN2O5S/c1-3-43-23-14-18(13-22(38)27(23)45-16-17-5-9-20(33)10-6-17)15-24-29(41)40-26(19-7-11-21(34)12-8-19)25(30(42)44-4-2)28(32(35,36)37)39-31(40)46-24/h5-15,26H,3-4,16H2,1-2H3/b24-15-/t26-/m1/s1. The first-order valence-electron chi connectivity index (χ1n) is 13.8. The summed E-state index contributed by atoms with van der Waals surface area (Å²) >= 11 is 12.3. The van der Waals surface area contributed by atoms with Gasteiger partial charge in [-0.25, -0.2) is 9.79 Å². The van der Waals surface area contributed by atoms with Gasteiger partial charge >= 0.3 is 12.1 Å². The van der Waals surface area contributed by atoms with Crippen molar-refractivity contribution in [2.45, 2.75) is 32.7 Å². The van der Waals surface area contributed by atoms with Crippen LogP contribution in [0.3, 0.4) is 0 Å². The molecular weight excluding hydrogens is 824 g/mol. The molecule has 1 atom stereocenters. The molecule has 0 unspecified atom stereocenters. The van der Waals surface area contributed by atoms with Crippen LogP contribution in [0.2, 0.25) is 5.02 Å². The van der Waals surface area contributed by atoms with Gasteiger partial charge in [0, 0.05) is 9.50 Å². The Morgan fingerprint density at radius 1 is 1.09 bits per heavy atom. The molecule has 4 aromatic rings. The molecule has 46 heavy (non-hydrogen) atoms. The lowest BCUT2D eigenvalue weighted by Crippen LogP contribution is -2.41. The molecule has 5 rings (SSSR count). The molecule has 14 heteroatoms. The monoisotopic (exact) mass is 846 g/mol. The van der Waals surface area contributed by atoms with Gasteiger partial charge in [0.15, 0.2) is 22.0 Å². The van der Waals surface area contributed by atoms with Crippen molar-refractivity contribution < 1.29 is 32.2 Å². The van der Waals surface area contributed by atoms with Gasteiger partial charge < -0.3 is 14.2 Å². The van der Waals surface area contributed by atoms with Crippen molar-refractivity contribution in [1.29, 1.82) is 0 Å². The van der Waals surface area contributed by atoms with Gasteiger partial charge in [-0.2, -0.15) is 13.2 Å². The van der Waals surface area contributed by atoms with E-state index in [1.165, 1.54) is 31.2 Å². The molecular formula is C32H24BrClF3IN2O5S. The number of ether oxygens (including phenoxy) is 3. The second kappa shape index (κ2) is 14.3. The highest BCUT2D eigenvalue weighted by atomic mass is 127. The molecule has 1 aromatic heterocycles. The molecule has 0 aliphatic carbocycles. The number of esters is 1. The number of carbonyl (C=O) groups excluding carboxylic acids is 1. The summed E-state index contributed by atoms with van der Waals surface area (Å²) in [7, 11) is 0. The minimum absolute atomic E-state index is 0.103. The predicted octanol–water partition coefficient (Wildman–Crippen LogP) is 7.34. The molecule has 1 aliphatic rings. The Morgan fingerprint density at radius 2 is 1.78 bits per heavy atom. The van der Waals surface area contributed by atoms with Crippen molar-refractivity contribution in [2.75, 3.05) is 13.2 Å². The van der Waals surface area contributed by atoms with E-state index in [4.69, 9.17) is 25.8 Å². The lowest BCUT2D eigenvalue weighted by atomic mass is 9.95. The molecule has 2 heterocycles. The number of benzene rings is 3. The molecule has 0 spiro atoms. The summed E-state index contributed by atoms with van der Waals surface area (Å²) in [6.07, 6.45) is -3.45. The fourth-order valence-corrected chi connectivity index (χ4v) is 6.94. The molecule has 1 aliphatic heterocycles. The van der Waals surface area contributed by atoms with E-state index in [0.29, 0.717) is 32.3 Å². The van der Waals surface area contributed by atoms with Gasteiger partial charge in [0.2, 0.25) is 0 Å². The number of rotatable bonds is 9. The molecule has 0 fully saturated rings. The molecule has 0 amide bonds. The van der Waals surface area contributed by atoms with Gasteiger partial charge in [-0.15, -0.1) is 0 Å². The highest BCUT2D eigenvalue weighted by molar-refractivity contribution is 14.1. The van der Waals surface area contributed by atoms with Crippen molar-refractivity contribution in [3.63, 3.8) is 0 Å². The Kier molecular flexibility index (Phi) is 10.6. The van der Waals surface area contributed by atoms with E-state index in [9.17, 15) is 22.8 Å². The maximum Gasteiger partial charge on any atom is 0.434 e. The van der Waals surface area contributed by atoms with Crippen LogP contribution in [-0.4, -0.2) is 29.9 Å². The van der Waals surface area contributed by atoms with Crippen molar-refractivity contribution in [1.82, 2.24) is 4.57 Å². The van der Waals surface area contributed by atoms with Crippen LogP contribution in [0.5, 0.6) is 11.5 Å². The van der Waals surface area contributed by atoms with Crippen LogP contribution in [-0.2, 0) is 16.1 Å². The number of hydrogen-bond acceptors (Lipinski definition) is 7. The highest BCUT2D eigenvalue weighted by Gasteiger charge is 2.45. The van der Waals surface area contributed by atoms with Crippen molar-refractivity contribution in [3.05, 3.63) is 121 Å². The Hall–Kier alpha value is -3.14. The lowest BCUT2D eigenvalue weighted by molar-refractivity contribution is -0.140. The summed E-state index contributed by atoms with van der Waals surface area (Å²) in [6.45, 7) is 3.76. The van der Waals surface area contributed by atoms with E-state index in [1.807, 2.05) is 31.2 Å². The zero-order chi connectivity index (χ0) is 33.2. The van der Waals surface area contributed by atoms with E-state index in [-0.39, 0.29) is 28.1 Å². The number of alkyl halides is 3. The average molecular weight is 848 g/mol. The maximum atomic E-state index is 14.4. The van der Waals surface area contributed by atoms with E-state index in [1.54, 1.807) is 18.2 Å². The summed E-state index contributed by atoms with van der Waals surface area (Å²) < 4.78 is 63.0. The van der Waals surface area contributed by atoms with E-state index < -0.39 is 35.0 Å². The normalized spacial score (nSPS) is 15.0. The number of hydrogen-bond donors (Lipinski definition) is 0. The Bertz CT molecular complexity index is 1990. The zero-order valence-corrected chi connectivity index (χ0v) is 29.5. The molecule has 240 valence electrons. The first-order chi connectivity index (χ1) is 21.9. The number of carbonyl (C=O) groups is 1. The van der Waals surface area contributed by atoms with E-state index in [2.05, 4.69) is 43.5 Å². The van der Waals surface area contributed by atoms with Gasteiger partial charge in [0.1, 0.15) is 6.61 Å². The van der Waals surface area contributed by atoms with Crippen LogP contribution in [0.25, 0.3) is 6.08 Å². The third kappa shape index (κ3) is 7.37. The van der Waals surface area contributed by atoms with Crippen LogP contribution in [0.1, 0.15) is 36.6 Å². The topological polar surface area (TPSA) is 79.1 Å². The quantitative estimate of drug-likeness (QED) is 0.130. The summed E-state index contributed by atoms with van der Waals surface area (Å²) in [6, 6.07) is 15.6. The zero-order valence-electron chi connectivity index (χ0n) is 24.2. The maximum absolute atomic E-state index is 14.4. The SMILES string of the molecule is CCOC(=O)C1=C(C(F)(F)F)N=c2s/c(=C\c3cc(I)c(OCc4ccc(Br)cc4)c(OCC)c3)c(=O)n2[C@@H]1c1ccc(Cl)cc1. The third-order valence-electron chi connectivity index (χ3n) is 6.71. The Labute approximate surface area is 292 Å². The molecule has 0 N–H and O–H groups in total. The number of halogens is 6. The predicted molar refractivity (Wildman–Crippen MR) is 181 cm³/mol. The number of fused-ring (bicyclic) bond motifs is 1. The highest BCUT2D eigenvalue weighted by Crippen LogP contribution is 2.39. The van der Waals surface area contributed by atoms with Crippen molar-refractivity contribution in [3.8, 4) is 11.5 Å². The number of nitrogens with zero attached hydrogens (tertiary/aromatic N) is 2. The lowest BCUT2D eigenvalue weighted by Gasteiger charge is -2.26. The molecule has 3 aromatic carbocycles. The van der Waals surface area contributed by atoms with Gasteiger partial charge in [-0.1, -0.05) is 63.1 Å². The molecule has 0 saturated carbocycles. The summed E-state index contributed by atoms with van der Waals surface area (Å²) in [4.78, 5) is 30.6. The molecule has 0 bridgehead atoms. The minimum Gasteiger partial charge on any atom is -0.490 e. The second-order valence-electron chi connectivity index (χ2n) is 9.79. The van der Waals surface area contributed by atoms with Gasteiger partial charge in [0.05, 0.1) is 32.9 Å². The smallest absolute Gasteiger partial charge is 0.434 e. The average Bonchev–Trinajstić information content (AvgIpc) is 3.31. The molecule has 0 saturated heterocycles. The van der Waals surface area contributed by atoms with E-state index in [0.717, 1.165) is 25.9 Å². The van der Waals surface area contributed by atoms with Crippen LogP contribution in [0.15, 0.2) is 86.2 Å². The number of allylic oxidation sites excluding steroid dienone is 1. The minimum atomic E-state index is -5.00. The fourth-order valence-electron chi connectivity index (χ4n) is 4.76. The van der Waals surface area contributed by atoms with Crippen LogP contribution in [0.4, 0.5) is 13.2 Å². The van der Waals surface area contributed by atoms with Crippen molar-refractivity contribution in [2.24, 2.45) is 4.99 Å². The van der Waals surface area contributed by atoms with Gasteiger partial charge in [-0.3, -0.25) is 9.36 Å². The fraction of sp³-hybridized carbons (Fsp3) is 0.219. The number of thiazole rings is 1. The van der Waals surface area contributed by atoms with Crippen LogP contribution in [0, 0.1) is 3.57 Å². The first kappa shape index (κ1) is 34.2. The summed E-state index contributed by atoms with van der Waals surface area (Å²) in [5.41, 5.74) is -1.09. The Balaban J connectivity index is 1.64. The van der Waals surface area contributed by atoms with Gasteiger partial charge in [0.25, 0.3) is 5.56 Å². The first-order valence-corrected chi connectivity index (χ1v) is 16.9. The van der Waals surface area contributed by atoms with Crippen LogP contribution < -0.4 is 24.4 Å². The van der Waals surface area contributed by atoms with Crippen LogP contribution >= 0.6 is 61.5 Å².